The molecule has 1 N–H and O–H groups in total. The van der Waals surface area contributed by atoms with Gasteiger partial charge in [0.25, 0.3) is 10.0 Å². The van der Waals surface area contributed by atoms with Crippen LogP contribution >= 0.6 is 0 Å². The maximum absolute atomic E-state index is 13.7. The van der Waals surface area contributed by atoms with Gasteiger partial charge in [-0.3, -0.25) is 4.98 Å². The first-order chi connectivity index (χ1) is 10.4. The molecule has 0 spiro atoms. The Morgan fingerprint density at radius 2 is 1.86 bits per heavy atom. The molecule has 1 aliphatic heterocycles. The van der Waals surface area contributed by atoms with E-state index in [4.69, 9.17) is 0 Å². The Morgan fingerprint density at radius 1 is 1.18 bits per heavy atom. The number of guanidine groups is 1. The van der Waals surface area contributed by atoms with Gasteiger partial charge in [0, 0.05) is 31.2 Å². The standard InChI is InChI=1S/C13H10F2N4O2S/c1-19(9-2-4-16-5-3-9)13-17-11-7-8(14)6-10(15)12(11)22(20,21)18-13/h2-7H,1H3,(H,17,18). The summed E-state index contributed by atoms with van der Waals surface area (Å²) in [4.78, 5) is 4.63. The summed E-state index contributed by atoms with van der Waals surface area (Å²) in [6.07, 6.45) is 3.05. The molecule has 0 aliphatic carbocycles. The normalized spacial score (nSPS) is 15.5. The van der Waals surface area contributed by atoms with E-state index < -0.39 is 26.6 Å². The Kier molecular flexibility index (Phi) is 3.28. The largest absolute Gasteiger partial charge is 0.324 e. The van der Waals surface area contributed by atoms with Crippen molar-refractivity contribution in [3.63, 3.8) is 0 Å². The number of aromatic nitrogens is 1. The van der Waals surface area contributed by atoms with E-state index in [-0.39, 0.29) is 11.6 Å². The van der Waals surface area contributed by atoms with Crippen LogP contribution in [0.15, 0.2) is 46.0 Å². The van der Waals surface area contributed by atoms with Crippen molar-refractivity contribution in [1.29, 1.82) is 0 Å². The van der Waals surface area contributed by atoms with Gasteiger partial charge < -0.3 is 10.2 Å². The second-order valence-corrected chi connectivity index (χ2v) is 6.08. The molecule has 114 valence electrons. The molecule has 1 aromatic heterocycles. The average Bonchev–Trinajstić information content (AvgIpc) is 2.45. The minimum atomic E-state index is -4.27. The summed E-state index contributed by atoms with van der Waals surface area (Å²) in [5, 5.41) is 2.63. The van der Waals surface area contributed by atoms with Crippen LogP contribution in [-0.2, 0) is 10.0 Å². The van der Waals surface area contributed by atoms with Crippen molar-refractivity contribution in [2.75, 3.05) is 17.3 Å². The third-order valence-corrected chi connectivity index (χ3v) is 4.43. The molecule has 1 aromatic carbocycles. The van der Waals surface area contributed by atoms with E-state index in [0.717, 1.165) is 6.07 Å². The Hall–Kier alpha value is -2.55. The summed E-state index contributed by atoms with van der Waals surface area (Å²) < 4.78 is 54.8. The monoisotopic (exact) mass is 324 g/mol. The van der Waals surface area contributed by atoms with E-state index in [2.05, 4.69) is 14.7 Å². The zero-order chi connectivity index (χ0) is 15.9. The summed E-state index contributed by atoms with van der Waals surface area (Å²) in [6, 6.07) is 4.69. The van der Waals surface area contributed by atoms with Crippen LogP contribution in [0.3, 0.4) is 0 Å². The zero-order valence-electron chi connectivity index (χ0n) is 11.3. The van der Waals surface area contributed by atoms with Gasteiger partial charge in [0.05, 0.1) is 5.69 Å². The maximum Gasteiger partial charge on any atom is 0.290 e. The average molecular weight is 324 g/mol. The van der Waals surface area contributed by atoms with E-state index in [0.29, 0.717) is 11.8 Å². The van der Waals surface area contributed by atoms with Crippen molar-refractivity contribution >= 4 is 27.4 Å². The molecule has 0 amide bonds. The van der Waals surface area contributed by atoms with E-state index in [1.54, 1.807) is 19.2 Å². The van der Waals surface area contributed by atoms with Crippen LogP contribution < -0.4 is 10.2 Å². The molecule has 0 bridgehead atoms. The first-order valence-corrected chi connectivity index (χ1v) is 7.57. The number of rotatable bonds is 1. The molecule has 9 heteroatoms. The lowest BCUT2D eigenvalue weighted by atomic mass is 10.3. The molecule has 0 unspecified atom stereocenters. The van der Waals surface area contributed by atoms with Crippen molar-refractivity contribution in [3.8, 4) is 0 Å². The number of sulfonamides is 1. The van der Waals surface area contributed by atoms with Gasteiger partial charge in [-0.2, -0.15) is 8.42 Å². The first kappa shape index (κ1) is 14.4. The highest BCUT2D eigenvalue weighted by atomic mass is 32.2. The van der Waals surface area contributed by atoms with Gasteiger partial charge in [-0.1, -0.05) is 0 Å². The second kappa shape index (κ2) is 5.02. The summed E-state index contributed by atoms with van der Waals surface area (Å²) in [5.74, 6) is -2.13. The van der Waals surface area contributed by atoms with Gasteiger partial charge >= 0.3 is 0 Å². The number of halogens is 2. The van der Waals surface area contributed by atoms with Gasteiger partial charge in [-0.05, 0) is 18.2 Å². The molecule has 1 aliphatic rings. The van der Waals surface area contributed by atoms with Crippen LogP contribution in [0.2, 0.25) is 0 Å². The minimum Gasteiger partial charge on any atom is -0.324 e. The van der Waals surface area contributed by atoms with E-state index in [1.165, 1.54) is 17.3 Å². The van der Waals surface area contributed by atoms with Crippen molar-refractivity contribution in [1.82, 2.24) is 4.98 Å². The lowest BCUT2D eigenvalue weighted by molar-refractivity contribution is 0.551. The molecule has 0 saturated carbocycles. The molecule has 2 aromatic rings. The van der Waals surface area contributed by atoms with Gasteiger partial charge in [-0.15, -0.1) is 4.40 Å². The number of hydrogen-bond acceptors (Lipinski definition) is 5. The molecular weight excluding hydrogens is 314 g/mol. The Labute approximate surface area is 125 Å². The molecule has 0 radical (unpaired) electrons. The Bertz CT molecular complexity index is 869. The van der Waals surface area contributed by atoms with Crippen molar-refractivity contribution in [2.24, 2.45) is 4.40 Å². The van der Waals surface area contributed by atoms with Crippen LogP contribution in [0.5, 0.6) is 0 Å². The third kappa shape index (κ3) is 2.39. The smallest absolute Gasteiger partial charge is 0.290 e. The topological polar surface area (TPSA) is 74.7 Å². The highest BCUT2D eigenvalue weighted by Gasteiger charge is 2.31. The number of nitrogens with one attached hydrogen (secondary N) is 1. The zero-order valence-corrected chi connectivity index (χ0v) is 12.1. The quantitative estimate of drug-likeness (QED) is 0.868. The number of anilines is 2. The molecule has 22 heavy (non-hydrogen) atoms. The van der Waals surface area contributed by atoms with Crippen molar-refractivity contribution in [2.45, 2.75) is 4.90 Å². The molecule has 6 nitrogen and oxygen atoms in total. The molecule has 0 atom stereocenters. The highest BCUT2D eigenvalue weighted by Crippen LogP contribution is 2.31. The molecule has 2 heterocycles. The van der Waals surface area contributed by atoms with Crippen LogP contribution in [0.25, 0.3) is 0 Å². The molecule has 0 fully saturated rings. The molecular formula is C13H10F2N4O2S. The Balaban J connectivity index is 2.09. The SMILES string of the molecule is CN(C1=NS(=O)(=O)c2c(F)cc(F)cc2N1)c1ccncc1. The summed E-state index contributed by atoms with van der Waals surface area (Å²) in [6.45, 7) is 0. The summed E-state index contributed by atoms with van der Waals surface area (Å²) in [7, 11) is -2.70. The van der Waals surface area contributed by atoms with Crippen molar-refractivity contribution in [3.05, 3.63) is 48.3 Å². The maximum atomic E-state index is 13.7. The minimum absolute atomic E-state index is 0.0660. The van der Waals surface area contributed by atoms with Crippen LogP contribution in [0.4, 0.5) is 20.2 Å². The van der Waals surface area contributed by atoms with Crippen molar-refractivity contribution < 1.29 is 17.2 Å². The number of benzene rings is 1. The van der Waals surface area contributed by atoms with Gasteiger partial charge in [-0.25, -0.2) is 8.78 Å². The third-order valence-electron chi connectivity index (χ3n) is 3.09. The predicted molar refractivity (Wildman–Crippen MR) is 77.2 cm³/mol. The fourth-order valence-electron chi connectivity index (χ4n) is 2.05. The van der Waals surface area contributed by atoms with Crippen LogP contribution in [0.1, 0.15) is 0 Å². The number of hydrogen-bond donors (Lipinski definition) is 1. The van der Waals surface area contributed by atoms with Gasteiger partial charge in [0.15, 0.2) is 0 Å². The van der Waals surface area contributed by atoms with Crippen LogP contribution in [-0.4, -0.2) is 26.4 Å². The number of nitrogens with zero attached hydrogens (tertiary/aromatic N) is 3. The van der Waals surface area contributed by atoms with E-state index in [9.17, 15) is 17.2 Å². The lowest BCUT2D eigenvalue weighted by Crippen LogP contribution is -2.36. The molecule has 3 rings (SSSR count). The fourth-order valence-corrected chi connectivity index (χ4v) is 3.23. The van der Waals surface area contributed by atoms with Gasteiger partial charge in [0.2, 0.25) is 5.96 Å². The first-order valence-electron chi connectivity index (χ1n) is 6.13. The van der Waals surface area contributed by atoms with Gasteiger partial charge in [0.1, 0.15) is 16.5 Å². The second-order valence-electron chi connectivity index (χ2n) is 4.54. The fraction of sp³-hybridized carbons (Fsp3) is 0.0769. The predicted octanol–water partition coefficient (Wildman–Crippen LogP) is 1.97. The summed E-state index contributed by atoms with van der Waals surface area (Å²) in [5.41, 5.74) is 0.417. The summed E-state index contributed by atoms with van der Waals surface area (Å²) >= 11 is 0. The van der Waals surface area contributed by atoms with E-state index in [1.807, 2.05) is 0 Å². The number of pyridine rings is 1. The molecule has 0 saturated heterocycles. The Morgan fingerprint density at radius 3 is 2.55 bits per heavy atom. The number of fused-ring (bicyclic) bond motifs is 1. The lowest BCUT2D eigenvalue weighted by Gasteiger charge is -2.25. The highest BCUT2D eigenvalue weighted by molar-refractivity contribution is 7.90. The van der Waals surface area contributed by atoms with E-state index >= 15 is 0 Å². The van der Waals surface area contributed by atoms with Crippen LogP contribution in [0, 0.1) is 11.6 Å².